The van der Waals surface area contributed by atoms with Crippen LogP contribution in [0, 0.1) is 27.7 Å². The fraction of sp³-hybridized carbons (Fsp3) is 0.391. The molecule has 0 aliphatic heterocycles. The zero-order valence-corrected chi connectivity index (χ0v) is 19.5. The van der Waals surface area contributed by atoms with Crippen molar-refractivity contribution in [3.05, 3.63) is 64.2 Å². The number of hydrogen-bond acceptors (Lipinski definition) is 5. The Labute approximate surface area is 194 Å². The molecule has 0 aliphatic carbocycles. The number of carbonyl (C=O) groups is 2. The van der Waals surface area contributed by atoms with Gasteiger partial charge in [0, 0.05) is 17.0 Å². The summed E-state index contributed by atoms with van der Waals surface area (Å²) in [7, 11) is 0. The van der Waals surface area contributed by atoms with E-state index in [9.17, 15) is 22.8 Å². The SMILES string of the molecule is CCOC(=O)C(NC(=O)Cn1nc(C)cc1C)c1c(C)nn(-c2cccc(C(F)(F)F)c2)c1C. The highest BCUT2D eigenvalue weighted by Gasteiger charge is 2.33. The molecule has 3 rings (SSSR count). The molecule has 1 amide bonds. The maximum atomic E-state index is 13.2. The molecule has 3 aromatic rings. The van der Waals surface area contributed by atoms with Crippen molar-refractivity contribution in [3.63, 3.8) is 0 Å². The number of esters is 1. The Bertz CT molecular complexity index is 1210. The van der Waals surface area contributed by atoms with Gasteiger partial charge >= 0.3 is 12.1 Å². The van der Waals surface area contributed by atoms with Crippen LogP contribution in [0.2, 0.25) is 0 Å². The number of amides is 1. The van der Waals surface area contributed by atoms with Crippen molar-refractivity contribution in [2.24, 2.45) is 0 Å². The van der Waals surface area contributed by atoms with Crippen molar-refractivity contribution in [2.75, 3.05) is 6.61 Å². The van der Waals surface area contributed by atoms with Crippen molar-refractivity contribution in [2.45, 2.75) is 53.4 Å². The molecule has 0 saturated heterocycles. The number of carbonyl (C=O) groups excluding carboxylic acids is 2. The largest absolute Gasteiger partial charge is 0.464 e. The molecule has 11 heteroatoms. The summed E-state index contributed by atoms with van der Waals surface area (Å²) in [6, 6.07) is 5.35. The van der Waals surface area contributed by atoms with Crippen LogP contribution >= 0.6 is 0 Å². The fourth-order valence-electron chi connectivity index (χ4n) is 3.79. The Morgan fingerprint density at radius 3 is 2.41 bits per heavy atom. The lowest BCUT2D eigenvalue weighted by Gasteiger charge is -2.18. The molecule has 1 aromatic carbocycles. The lowest BCUT2D eigenvalue weighted by Crippen LogP contribution is -2.37. The van der Waals surface area contributed by atoms with E-state index in [2.05, 4.69) is 15.5 Å². The predicted octanol–water partition coefficient (Wildman–Crippen LogP) is 3.74. The first-order chi connectivity index (χ1) is 15.9. The van der Waals surface area contributed by atoms with Gasteiger partial charge in [-0.25, -0.2) is 9.48 Å². The van der Waals surface area contributed by atoms with Crippen LogP contribution in [0.15, 0.2) is 30.3 Å². The van der Waals surface area contributed by atoms with E-state index in [-0.39, 0.29) is 18.8 Å². The molecular weight excluding hydrogens is 451 g/mol. The Kier molecular flexibility index (Phi) is 7.13. The molecule has 2 aromatic heterocycles. The average molecular weight is 477 g/mol. The van der Waals surface area contributed by atoms with E-state index in [1.807, 2.05) is 13.0 Å². The second kappa shape index (κ2) is 9.70. The number of aryl methyl sites for hydroxylation is 3. The van der Waals surface area contributed by atoms with Gasteiger partial charge in [-0.2, -0.15) is 23.4 Å². The number of hydrogen-bond donors (Lipinski definition) is 1. The number of rotatable bonds is 7. The summed E-state index contributed by atoms with van der Waals surface area (Å²) in [6.45, 7) is 8.46. The first kappa shape index (κ1) is 25.0. The van der Waals surface area contributed by atoms with E-state index >= 15 is 0 Å². The highest BCUT2D eigenvalue weighted by molar-refractivity contribution is 5.86. The molecule has 34 heavy (non-hydrogen) atoms. The Morgan fingerprint density at radius 2 is 1.82 bits per heavy atom. The summed E-state index contributed by atoms with van der Waals surface area (Å²) in [5.74, 6) is -1.17. The highest BCUT2D eigenvalue weighted by Crippen LogP contribution is 2.31. The molecule has 1 N–H and O–H groups in total. The van der Waals surface area contributed by atoms with Gasteiger partial charge in [0.2, 0.25) is 5.91 Å². The number of benzene rings is 1. The van der Waals surface area contributed by atoms with Crippen LogP contribution in [-0.2, 0) is 27.0 Å². The smallest absolute Gasteiger partial charge is 0.416 e. The summed E-state index contributed by atoms with van der Waals surface area (Å²) >= 11 is 0. The van der Waals surface area contributed by atoms with Crippen LogP contribution in [0.25, 0.3) is 5.69 Å². The maximum absolute atomic E-state index is 13.2. The minimum absolute atomic E-state index is 0.0858. The number of alkyl halides is 3. The molecule has 1 unspecified atom stereocenters. The van der Waals surface area contributed by atoms with Gasteiger partial charge < -0.3 is 10.1 Å². The predicted molar refractivity (Wildman–Crippen MR) is 117 cm³/mol. The second-order valence-electron chi connectivity index (χ2n) is 7.88. The fourth-order valence-corrected chi connectivity index (χ4v) is 3.79. The van der Waals surface area contributed by atoms with E-state index in [1.54, 1.807) is 27.7 Å². The molecule has 0 spiro atoms. The second-order valence-corrected chi connectivity index (χ2v) is 7.88. The zero-order chi connectivity index (χ0) is 25.2. The molecule has 0 saturated carbocycles. The van der Waals surface area contributed by atoms with Crippen LogP contribution in [0.4, 0.5) is 13.2 Å². The topological polar surface area (TPSA) is 91.0 Å². The van der Waals surface area contributed by atoms with Gasteiger partial charge in [-0.3, -0.25) is 9.48 Å². The summed E-state index contributed by atoms with van der Waals surface area (Å²) in [5.41, 5.74) is 2.03. The van der Waals surface area contributed by atoms with Crippen molar-refractivity contribution in [1.82, 2.24) is 24.9 Å². The molecule has 2 heterocycles. The van der Waals surface area contributed by atoms with Crippen molar-refractivity contribution in [3.8, 4) is 5.69 Å². The minimum Gasteiger partial charge on any atom is -0.464 e. The van der Waals surface area contributed by atoms with Gasteiger partial charge in [-0.15, -0.1) is 0 Å². The summed E-state index contributed by atoms with van der Waals surface area (Å²) in [6.07, 6.45) is -4.51. The lowest BCUT2D eigenvalue weighted by atomic mass is 10.0. The molecular formula is C23H26F3N5O3. The van der Waals surface area contributed by atoms with E-state index in [0.717, 1.165) is 23.5 Å². The van der Waals surface area contributed by atoms with Gasteiger partial charge in [0.05, 0.1) is 29.2 Å². The monoisotopic (exact) mass is 477 g/mol. The number of nitrogens with zero attached hydrogens (tertiary/aromatic N) is 4. The highest BCUT2D eigenvalue weighted by atomic mass is 19.4. The molecule has 0 aliphatic rings. The van der Waals surface area contributed by atoms with Gasteiger partial charge in [0.15, 0.2) is 6.04 Å². The Morgan fingerprint density at radius 1 is 1.12 bits per heavy atom. The zero-order valence-electron chi connectivity index (χ0n) is 19.5. The molecule has 8 nitrogen and oxygen atoms in total. The summed E-state index contributed by atoms with van der Waals surface area (Å²) in [4.78, 5) is 25.6. The standard InChI is InChI=1S/C23H26F3N5O3/c1-6-34-22(33)21(27-19(32)12-30-14(3)10-13(2)28-30)20-15(4)29-31(16(20)5)18-9-7-8-17(11-18)23(24,25)26/h7-11,21H,6,12H2,1-5H3,(H,27,32). The quantitative estimate of drug-likeness (QED) is 0.524. The number of nitrogens with one attached hydrogen (secondary N) is 1. The molecule has 1 atom stereocenters. The van der Waals surface area contributed by atoms with Gasteiger partial charge in [0.25, 0.3) is 0 Å². The van der Waals surface area contributed by atoms with Gasteiger partial charge in [0.1, 0.15) is 6.54 Å². The van der Waals surface area contributed by atoms with Crippen molar-refractivity contribution < 1.29 is 27.5 Å². The number of halogens is 3. The van der Waals surface area contributed by atoms with E-state index in [0.29, 0.717) is 17.0 Å². The van der Waals surface area contributed by atoms with Crippen LogP contribution in [-0.4, -0.2) is 38.0 Å². The van der Waals surface area contributed by atoms with Crippen LogP contribution in [0.5, 0.6) is 0 Å². The molecule has 0 bridgehead atoms. The van der Waals surface area contributed by atoms with E-state index in [4.69, 9.17) is 4.74 Å². The normalized spacial score (nSPS) is 12.5. The third kappa shape index (κ3) is 5.29. The first-order valence-electron chi connectivity index (χ1n) is 10.6. The van der Waals surface area contributed by atoms with Crippen LogP contribution in [0.1, 0.15) is 46.9 Å². The molecule has 182 valence electrons. The molecule has 0 fully saturated rings. The Balaban J connectivity index is 1.97. The van der Waals surface area contributed by atoms with E-state index < -0.39 is 29.7 Å². The van der Waals surface area contributed by atoms with Gasteiger partial charge in [-0.1, -0.05) is 6.07 Å². The third-order valence-electron chi connectivity index (χ3n) is 5.28. The van der Waals surface area contributed by atoms with Crippen molar-refractivity contribution >= 4 is 11.9 Å². The summed E-state index contributed by atoms with van der Waals surface area (Å²) in [5, 5.41) is 11.3. The van der Waals surface area contributed by atoms with E-state index in [1.165, 1.54) is 21.5 Å². The average Bonchev–Trinajstić information content (AvgIpc) is 3.22. The molecule has 0 radical (unpaired) electrons. The minimum atomic E-state index is -4.51. The lowest BCUT2D eigenvalue weighted by molar-refractivity contribution is -0.147. The summed E-state index contributed by atoms with van der Waals surface area (Å²) < 4.78 is 47.6. The van der Waals surface area contributed by atoms with Gasteiger partial charge in [-0.05, 0) is 58.9 Å². The third-order valence-corrected chi connectivity index (χ3v) is 5.28. The van der Waals surface area contributed by atoms with Crippen LogP contribution in [0.3, 0.4) is 0 Å². The van der Waals surface area contributed by atoms with Crippen molar-refractivity contribution in [1.29, 1.82) is 0 Å². The number of ether oxygens (including phenoxy) is 1. The number of aromatic nitrogens is 4. The Hall–Kier alpha value is -3.63. The first-order valence-corrected chi connectivity index (χ1v) is 10.6. The maximum Gasteiger partial charge on any atom is 0.416 e. The van der Waals surface area contributed by atoms with Crippen LogP contribution < -0.4 is 5.32 Å².